The summed E-state index contributed by atoms with van der Waals surface area (Å²) in [7, 11) is 0. The second kappa shape index (κ2) is 2.91. The summed E-state index contributed by atoms with van der Waals surface area (Å²) in [5, 5.41) is 0. The van der Waals surface area contributed by atoms with Crippen LogP contribution in [0.1, 0.15) is 25.7 Å². The molecule has 0 spiro atoms. The van der Waals surface area contributed by atoms with E-state index in [1.54, 1.807) is 0 Å². The molecule has 0 amide bonds. The van der Waals surface area contributed by atoms with Crippen LogP contribution in [0.4, 0.5) is 0 Å². The third kappa shape index (κ3) is 1.36. The summed E-state index contributed by atoms with van der Waals surface area (Å²) >= 11 is 0. The Hall–Kier alpha value is -0.260. The van der Waals surface area contributed by atoms with Crippen LogP contribution in [0, 0.1) is 12.8 Å². The van der Waals surface area contributed by atoms with Crippen molar-refractivity contribution in [2.24, 2.45) is 5.92 Å². The average Bonchev–Trinajstić information content (AvgIpc) is 2.19. The van der Waals surface area contributed by atoms with Crippen LogP contribution >= 0.6 is 0 Å². The lowest BCUT2D eigenvalue weighted by Crippen LogP contribution is -1.83. The minimum absolute atomic E-state index is 0.868. The molecular formula is C8H13. The molecule has 0 N–H and O–H groups in total. The molecule has 1 aliphatic rings. The van der Waals surface area contributed by atoms with Gasteiger partial charge in [0, 0.05) is 0 Å². The molecule has 1 fully saturated rings. The number of allylic oxidation sites excluding steroid dienone is 2. The van der Waals surface area contributed by atoms with E-state index in [9.17, 15) is 0 Å². The van der Waals surface area contributed by atoms with Crippen molar-refractivity contribution in [1.29, 1.82) is 0 Å². The van der Waals surface area contributed by atoms with E-state index < -0.39 is 0 Å². The Morgan fingerprint density at radius 3 is 2.38 bits per heavy atom. The van der Waals surface area contributed by atoms with Gasteiger partial charge < -0.3 is 0 Å². The third-order valence-corrected chi connectivity index (χ3v) is 1.81. The Morgan fingerprint density at radius 2 is 1.88 bits per heavy atom. The molecule has 8 heavy (non-hydrogen) atoms. The molecule has 0 heteroatoms. The lowest BCUT2D eigenvalue weighted by atomic mass is 10.1. The van der Waals surface area contributed by atoms with Gasteiger partial charge in [0.05, 0.1) is 0 Å². The Balaban J connectivity index is 2.24. The van der Waals surface area contributed by atoms with Crippen molar-refractivity contribution in [1.82, 2.24) is 0 Å². The maximum Gasteiger partial charge on any atom is -0.0234 e. The van der Waals surface area contributed by atoms with Gasteiger partial charge in [-0.1, -0.05) is 25.0 Å². The van der Waals surface area contributed by atoms with Crippen LogP contribution in [-0.2, 0) is 0 Å². The fourth-order valence-corrected chi connectivity index (χ4v) is 1.34. The molecule has 0 saturated heterocycles. The molecule has 1 radical (unpaired) electrons. The molecule has 0 aromatic carbocycles. The smallest absolute Gasteiger partial charge is 0.0234 e. The summed E-state index contributed by atoms with van der Waals surface area (Å²) in [6.07, 6.45) is 9.80. The molecule has 0 bridgehead atoms. The van der Waals surface area contributed by atoms with Crippen LogP contribution in [0.25, 0.3) is 0 Å². The molecule has 1 saturated carbocycles. The average molecular weight is 109 g/mol. The van der Waals surface area contributed by atoms with Crippen LogP contribution in [0.5, 0.6) is 0 Å². The normalized spacial score (nSPS) is 23.1. The molecule has 0 heterocycles. The van der Waals surface area contributed by atoms with Gasteiger partial charge in [0.2, 0.25) is 0 Å². The van der Waals surface area contributed by atoms with Gasteiger partial charge in [0.1, 0.15) is 0 Å². The highest BCUT2D eigenvalue weighted by atomic mass is 14.2. The highest BCUT2D eigenvalue weighted by molar-refractivity contribution is 4.91. The zero-order valence-electron chi connectivity index (χ0n) is 5.27. The first kappa shape index (κ1) is 5.87. The SMILES string of the molecule is [CH2]/C=C/C1CCCC1. The number of hydrogen-bond donors (Lipinski definition) is 0. The second-order valence-corrected chi connectivity index (χ2v) is 2.47. The second-order valence-electron chi connectivity index (χ2n) is 2.47. The predicted molar refractivity (Wildman–Crippen MR) is 36.5 cm³/mol. The summed E-state index contributed by atoms with van der Waals surface area (Å²) in [6, 6.07) is 0. The Bertz CT molecular complexity index is 76.0. The van der Waals surface area contributed by atoms with Gasteiger partial charge in [0.25, 0.3) is 0 Å². The van der Waals surface area contributed by atoms with Crippen LogP contribution in [0.2, 0.25) is 0 Å². The van der Waals surface area contributed by atoms with E-state index in [-0.39, 0.29) is 0 Å². The summed E-state index contributed by atoms with van der Waals surface area (Å²) in [5.74, 6) is 0.868. The molecule has 0 atom stereocenters. The fourth-order valence-electron chi connectivity index (χ4n) is 1.34. The van der Waals surface area contributed by atoms with Crippen LogP contribution < -0.4 is 0 Å². The molecule has 1 rings (SSSR count). The maximum atomic E-state index is 3.67. The van der Waals surface area contributed by atoms with Crippen molar-refractivity contribution < 1.29 is 0 Å². The highest BCUT2D eigenvalue weighted by Crippen LogP contribution is 2.25. The van der Waals surface area contributed by atoms with E-state index >= 15 is 0 Å². The number of hydrogen-bond acceptors (Lipinski definition) is 0. The van der Waals surface area contributed by atoms with Gasteiger partial charge in [-0.25, -0.2) is 0 Å². The van der Waals surface area contributed by atoms with Gasteiger partial charge in [-0.2, -0.15) is 0 Å². The van der Waals surface area contributed by atoms with E-state index in [0.29, 0.717) is 0 Å². The standard InChI is InChI=1S/C8H13/c1-2-5-8-6-3-4-7-8/h2,5,8H,1,3-4,6-7H2/b5-2+. The van der Waals surface area contributed by atoms with Crippen LogP contribution in [0.15, 0.2) is 12.2 Å². The monoisotopic (exact) mass is 109 g/mol. The predicted octanol–water partition coefficient (Wildman–Crippen LogP) is 2.57. The quantitative estimate of drug-likeness (QED) is 0.485. The Morgan fingerprint density at radius 1 is 1.25 bits per heavy atom. The van der Waals surface area contributed by atoms with Crippen LogP contribution in [0.3, 0.4) is 0 Å². The third-order valence-electron chi connectivity index (χ3n) is 1.81. The van der Waals surface area contributed by atoms with Gasteiger partial charge in [-0.05, 0) is 25.7 Å². The van der Waals surface area contributed by atoms with Crippen molar-refractivity contribution >= 4 is 0 Å². The van der Waals surface area contributed by atoms with Crippen LogP contribution in [-0.4, -0.2) is 0 Å². The Kier molecular flexibility index (Phi) is 2.13. The minimum Gasteiger partial charge on any atom is -0.0880 e. The van der Waals surface area contributed by atoms with Crippen molar-refractivity contribution in [2.45, 2.75) is 25.7 Å². The van der Waals surface area contributed by atoms with E-state index in [1.165, 1.54) is 25.7 Å². The molecule has 0 aliphatic heterocycles. The van der Waals surface area contributed by atoms with E-state index in [0.717, 1.165) is 5.92 Å². The first-order valence-electron chi connectivity index (χ1n) is 3.39. The molecule has 0 aromatic heterocycles. The minimum atomic E-state index is 0.868. The lowest BCUT2D eigenvalue weighted by molar-refractivity contribution is 0.686. The molecular weight excluding hydrogens is 96.1 g/mol. The molecule has 0 unspecified atom stereocenters. The summed E-state index contributed by atoms with van der Waals surface area (Å²) < 4.78 is 0. The summed E-state index contributed by atoms with van der Waals surface area (Å²) in [4.78, 5) is 0. The first-order chi connectivity index (χ1) is 3.93. The van der Waals surface area contributed by atoms with E-state index in [2.05, 4.69) is 13.0 Å². The topological polar surface area (TPSA) is 0 Å². The lowest BCUT2D eigenvalue weighted by Gasteiger charge is -1.96. The van der Waals surface area contributed by atoms with Gasteiger partial charge in [-0.3, -0.25) is 0 Å². The van der Waals surface area contributed by atoms with Crippen molar-refractivity contribution in [3.63, 3.8) is 0 Å². The fraction of sp³-hybridized carbons (Fsp3) is 0.625. The summed E-state index contributed by atoms with van der Waals surface area (Å²) in [5.41, 5.74) is 0. The molecule has 0 nitrogen and oxygen atoms in total. The van der Waals surface area contributed by atoms with Gasteiger partial charge >= 0.3 is 0 Å². The summed E-state index contributed by atoms with van der Waals surface area (Å²) in [6.45, 7) is 3.67. The molecule has 1 aliphatic carbocycles. The maximum absolute atomic E-state index is 3.67. The number of rotatable bonds is 1. The van der Waals surface area contributed by atoms with Crippen molar-refractivity contribution in [3.8, 4) is 0 Å². The van der Waals surface area contributed by atoms with E-state index in [4.69, 9.17) is 0 Å². The Labute approximate surface area is 51.6 Å². The van der Waals surface area contributed by atoms with Crippen molar-refractivity contribution in [2.75, 3.05) is 0 Å². The van der Waals surface area contributed by atoms with Gasteiger partial charge in [0.15, 0.2) is 0 Å². The molecule has 45 valence electrons. The zero-order chi connectivity index (χ0) is 5.82. The van der Waals surface area contributed by atoms with Gasteiger partial charge in [-0.15, -0.1) is 0 Å². The highest BCUT2D eigenvalue weighted by Gasteiger charge is 2.09. The zero-order valence-corrected chi connectivity index (χ0v) is 5.27. The van der Waals surface area contributed by atoms with Crippen molar-refractivity contribution in [3.05, 3.63) is 19.1 Å². The first-order valence-corrected chi connectivity index (χ1v) is 3.39. The largest absolute Gasteiger partial charge is 0.0880 e. The molecule has 0 aromatic rings. The van der Waals surface area contributed by atoms with E-state index in [1.807, 2.05) is 6.08 Å².